The number of esters is 1. The highest BCUT2D eigenvalue weighted by Crippen LogP contribution is 2.19. The van der Waals surface area contributed by atoms with Gasteiger partial charge in [0, 0.05) is 11.1 Å². The van der Waals surface area contributed by atoms with Crippen molar-refractivity contribution in [1.82, 2.24) is 9.78 Å². The van der Waals surface area contributed by atoms with Gasteiger partial charge in [0.15, 0.2) is 12.3 Å². The van der Waals surface area contributed by atoms with E-state index in [9.17, 15) is 14.4 Å². The number of benzene rings is 3. The Morgan fingerprint density at radius 1 is 0.909 bits per heavy atom. The maximum Gasteiger partial charge on any atom is 0.343 e. The Hall–Kier alpha value is -4.46. The third kappa shape index (κ3) is 5.07. The topological polar surface area (TPSA) is 99.5 Å². The summed E-state index contributed by atoms with van der Waals surface area (Å²) in [6, 6.07) is 22.9. The second kappa shape index (κ2) is 9.78. The molecule has 33 heavy (non-hydrogen) atoms. The summed E-state index contributed by atoms with van der Waals surface area (Å²) in [6.07, 6.45) is 0. The Kier molecular flexibility index (Phi) is 6.45. The number of nitrogens with one attached hydrogen (secondary N) is 1. The van der Waals surface area contributed by atoms with E-state index in [-0.39, 0.29) is 24.4 Å². The summed E-state index contributed by atoms with van der Waals surface area (Å²) in [6.45, 7) is 0.0398. The number of aromatic nitrogens is 2. The molecule has 0 bridgehead atoms. The van der Waals surface area contributed by atoms with Crippen molar-refractivity contribution in [2.45, 2.75) is 6.54 Å². The van der Waals surface area contributed by atoms with Crippen LogP contribution < -0.4 is 15.6 Å². The molecule has 1 aromatic heterocycles. The summed E-state index contributed by atoms with van der Waals surface area (Å²) < 4.78 is 11.1. The number of carbonyl (C=O) groups excluding carboxylic acids is 2. The predicted octanol–water partition coefficient (Wildman–Crippen LogP) is 3.25. The van der Waals surface area contributed by atoms with Crippen molar-refractivity contribution in [3.8, 4) is 5.75 Å². The lowest BCUT2D eigenvalue weighted by atomic mass is 10.1. The fourth-order valence-corrected chi connectivity index (χ4v) is 3.29. The molecule has 4 aromatic rings. The van der Waals surface area contributed by atoms with E-state index in [4.69, 9.17) is 4.74 Å². The summed E-state index contributed by atoms with van der Waals surface area (Å²) in [4.78, 5) is 37.3. The van der Waals surface area contributed by atoms with Crippen LogP contribution in [0.2, 0.25) is 0 Å². The van der Waals surface area contributed by atoms with Crippen LogP contribution in [0.25, 0.3) is 10.8 Å². The molecule has 0 fully saturated rings. The van der Waals surface area contributed by atoms with Crippen LogP contribution in [-0.2, 0) is 16.1 Å². The molecule has 0 aliphatic heterocycles. The average molecular weight is 443 g/mol. The molecule has 1 N–H and O–H groups in total. The van der Waals surface area contributed by atoms with Crippen molar-refractivity contribution in [3.63, 3.8) is 0 Å². The molecule has 1 heterocycles. The van der Waals surface area contributed by atoms with Gasteiger partial charge in [-0.2, -0.15) is 5.10 Å². The molecule has 0 saturated heterocycles. The van der Waals surface area contributed by atoms with Gasteiger partial charge >= 0.3 is 5.97 Å². The molecule has 3 aromatic carbocycles. The standard InChI is InChI=1S/C25H21N3O5/c1-32-22(29)16-33-19-13-11-18(12-14-19)26-24(30)23-20-9-5-6-10-21(20)25(31)28(27-23)15-17-7-3-2-4-8-17/h2-14H,15-16H2,1H3,(H,26,30). The largest absolute Gasteiger partial charge is 0.482 e. The fraction of sp³-hybridized carbons (Fsp3) is 0.120. The molecule has 0 radical (unpaired) electrons. The highest BCUT2D eigenvalue weighted by atomic mass is 16.6. The molecule has 0 spiro atoms. The van der Waals surface area contributed by atoms with Crippen LogP contribution in [0.5, 0.6) is 5.75 Å². The van der Waals surface area contributed by atoms with Crippen LogP contribution >= 0.6 is 0 Å². The van der Waals surface area contributed by atoms with Gasteiger partial charge in [0.25, 0.3) is 11.5 Å². The van der Waals surface area contributed by atoms with Gasteiger partial charge in [-0.1, -0.05) is 48.5 Å². The van der Waals surface area contributed by atoms with Crippen LogP contribution in [0, 0.1) is 0 Å². The molecule has 8 nitrogen and oxygen atoms in total. The van der Waals surface area contributed by atoms with Crippen molar-refractivity contribution >= 4 is 28.3 Å². The minimum atomic E-state index is -0.490. The zero-order valence-electron chi connectivity index (χ0n) is 17.9. The number of hydrogen-bond acceptors (Lipinski definition) is 6. The van der Waals surface area contributed by atoms with E-state index in [1.165, 1.54) is 11.8 Å². The van der Waals surface area contributed by atoms with Gasteiger partial charge in [-0.15, -0.1) is 0 Å². The van der Waals surface area contributed by atoms with E-state index >= 15 is 0 Å². The minimum Gasteiger partial charge on any atom is -0.482 e. The van der Waals surface area contributed by atoms with E-state index in [0.717, 1.165) is 5.56 Å². The van der Waals surface area contributed by atoms with Gasteiger partial charge < -0.3 is 14.8 Å². The zero-order valence-corrected chi connectivity index (χ0v) is 17.9. The van der Waals surface area contributed by atoms with Crippen LogP contribution in [0.4, 0.5) is 5.69 Å². The van der Waals surface area contributed by atoms with Crippen LogP contribution in [0.15, 0.2) is 83.7 Å². The molecule has 1 amide bonds. The lowest BCUT2D eigenvalue weighted by molar-refractivity contribution is -0.142. The molecule has 0 unspecified atom stereocenters. The summed E-state index contributed by atoms with van der Waals surface area (Å²) in [5.74, 6) is -0.481. The normalized spacial score (nSPS) is 10.6. The number of carbonyl (C=O) groups is 2. The smallest absolute Gasteiger partial charge is 0.343 e. The SMILES string of the molecule is COC(=O)COc1ccc(NC(=O)c2nn(Cc3ccccc3)c(=O)c3ccccc23)cc1. The molecule has 4 rings (SSSR count). The van der Waals surface area contributed by atoms with E-state index in [1.54, 1.807) is 48.5 Å². The number of amides is 1. The Labute approximate surface area is 189 Å². The number of anilines is 1. The predicted molar refractivity (Wildman–Crippen MR) is 123 cm³/mol. The fourth-order valence-electron chi connectivity index (χ4n) is 3.29. The summed E-state index contributed by atoms with van der Waals surface area (Å²) in [5, 5.41) is 8.08. The first kappa shape index (κ1) is 21.8. The number of nitrogens with zero attached hydrogens (tertiary/aromatic N) is 2. The quantitative estimate of drug-likeness (QED) is 0.440. The van der Waals surface area contributed by atoms with Crippen molar-refractivity contribution < 1.29 is 19.1 Å². The number of fused-ring (bicyclic) bond motifs is 1. The number of methoxy groups -OCH3 is 1. The zero-order chi connectivity index (χ0) is 23.2. The number of rotatable bonds is 7. The monoisotopic (exact) mass is 443 g/mol. The van der Waals surface area contributed by atoms with Crippen LogP contribution in [0.1, 0.15) is 16.1 Å². The average Bonchev–Trinajstić information content (AvgIpc) is 2.85. The van der Waals surface area contributed by atoms with Crippen molar-refractivity contribution in [3.05, 3.63) is 100 Å². The maximum absolute atomic E-state index is 13.1. The lowest BCUT2D eigenvalue weighted by Gasteiger charge is -2.12. The van der Waals surface area contributed by atoms with Crippen molar-refractivity contribution in [2.75, 3.05) is 19.0 Å². The molecule has 0 atom stereocenters. The van der Waals surface area contributed by atoms with Gasteiger partial charge in [0.05, 0.1) is 19.0 Å². The second-order valence-corrected chi connectivity index (χ2v) is 7.19. The van der Waals surface area contributed by atoms with Crippen LogP contribution in [0.3, 0.4) is 0 Å². The molecular weight excluding hydrogens is 422 g/mol. The number of hydrogen-bond donors (Lipinski definition) is 1. The highest BCUT2D eigenvalue weighted by molar-refractivity contribution is 6.11. The van der Waals surface area contributed by atoms with Gasteiger partial charge in [-0.05, 0) is 35.9 Å². The summed E-state index contributed by atoms with van der Waals surface area (Å²) in [5.41, 5.74) is 1.29. The third-order valence-electron chi connectivity index (χ3n) is 4.95. The van der Waals surface area contributed by atoms with Crippen molar-refractivity contribution in [2.24, 2.45) is 0 Å². The van der Waals surface area contributed by atoms with Gasteiger partial charge in [0.2, 0.25) is 0 Å². The van der Waals surface area contributed by atoms with Crippen molar-refractivity contribution in [1.29, 1.82) is 0 Å². The molecular formula is C25H21N3O5. The molecule has 0 saturated carbocycles. The summed E-state index contributed by atoms with van der Waals surface area (Å²) >= 11 is 0. The second-order valence-electron chi connectivity index (χ2n) is 7.19. The highest BCUT2D eigenvalue weighted by Gasteiger charge is 2.17. The Morgan fingerprint density at radius 3 is 2.27 bits per heavy atom. The Bertz CT molecular complexity index is 1350. The Balaban J connectivity index is 1.60. The van der Waals surface area contributed by atoms with E-state index in [0.29, 0.717) is 22.2 Å². The first-order chi connectivity index (χ1) is 16.0. The Morgan fingerprint density at radius 2 is 1.58 bits per heavy atom. The maximum atomic E-state index is 13.1. The summed E-state index contributed by atoms with van der Waals surface area (Å²) in [7, 11) is 1.28. The number of ether oxygens (including phenoxy) is 2. The van der Waals surface area contributed by atoms with E-state index < -0.39 is 11.9 Å². The molecule has 166 valence electrons. The minimum absolute atomic E-state index is 0.146. The van der Waals surface area contributed by atoms with Gasteiger partial charge in [-0.25, -0.2) is 9.48 Å². The third-order valence-corrected chi connectivity index (χ3v) is 4.95. The molecule has 0 aliphatic carbocycles. The van der Waals surface area contributed by atoms with Gasteiger partial charge in [-0.3, -0.25) is 9.59 Å². The first-order valence-electron chi connectivity index (χ1n) is 10.2. The van der Waals surface area contributed by atoms with Gasteiger partial charge in [0.1, 0.15) is 5.75 Å². The lowest BCUT2D eigenvalue weighted by Crippen LogP contribution is -2.28. The molecule has 8 heteroatoms. The molecule has 0 aliphatic rings. The van der Waals surface area contributed by atoms with Crippen LogP contribution in [-0.4, -0.2) is 35.4 Å². The van der Waals surface area contributed by atoms with E-state index in [1.807, 2.05) is 30.3 Å². The van der Waals surface area contributed by atoms with E-state index in [2.05, 4.69) is 15.2 Å². The first-order valence-corrected chi connectivity index (χ1v) is 10.2.